The summed E-state index contributed by atoms with van der Waals surface area (Å²) in [5.41, 5.74) is 7.32. The molecule has 0 aromatic carbocycles. The van der Waals surface area contributed by atoms with E-state index >= 15 is 0 Å². The number of hydrogen-bond donors (Lipinski definition) is 2. The molecule has 6 nitrogen and oxygen atoms in total. The summed E-state index contributed by atoms with van der Waals surface area (Å²) in [4.78, 5) is 2.12. The van der Waals surface area contributed by atoms with Crippen LogP contribution in [0.4, 0.5) is 5.82 Å². The second kappa shape index (κ2) is 5.11. The molecule has 1 aromatic heterocycles. The van der Waals surface area contributed by atoms with E-state index in [9.17, 15) is 0 Å². The van der Waals surface area contributed by atoms with E-state index in [2.05, 4.69) is 42.8 Å². The van der Waals surface area contributed by atoms with E-state index in [0.717, 1.165) is 11.5 Å². The Labute approximate surface area is 114 Å². The number of nitrogens with two attached hydrogens (primary N) is 1. The van der Waals surface area contributed by atoms with Crippen molar-refractivity contribution in [3.63, 3.8) is 0 Å². The predicted molar refractivity (Wildman–Crippen MR) is 77.8 cm³/mol. The van der Waals surface area contributed by atoms with Crippen LogP contribution < -0.4 is 10.6 Å². The van der Waals surface area contributed by atoms with Gasteiger partial charge in [-0.1, -0.05) is 25.9 Å². The van der Waals surface area contributed by atoms with E-state index in [1.807, 2.05) is 21.0 Å². The number of oxime groups is 1. The minimum absolute atomic E-state index is 0.0913. The van der Waals surface area contributed by atoms with Gasteiger partial charge in [0, 0.05) is 20.1 Å². The highest BCUT2D eigenvalue weighted by Crippen LogP contribution is 2.30. The van der Waals surface area contributed by atoms with Gasteiger partial charge >= 0.3 is 0 Å². The lowest BCUT2D eigenvalue weighted by Gasteiger charge is -2.37. The summed E-state index contributed by atoms with van der Waals surface area (Å²) < 4.78 is 1.77. The molecule has 0 aliphatic heterocycles. The number of rotatable bonds is 3. The van der Waals surface area contributed by atoms with E-state index in [0.29, 0.717) is 5.56 Å². The maximum absolute atomic E-state index is 8.93. The van der Waals surface area contributed by atoms with Gasteiger partial charge in [0.15, 0.2) is 5.84 Å². The van der Waals surface area contributed by atoms with Crippen LogP contribution in [0.2, 0.25) is 0 Å². The molecule has 0 bridgehead atoms. The van der Waals surface area contributed by atoms with Gasteiger partial charge in [-0.2, -0.15) is 5.10 Å². The molecular formula is C13H25N5O. The van der Waals surface area contributed by atoms with Crippen molar-refractivity contribution in [1.29, 1.82) is 0 Å². The SMILES string of the molecule is Cc1nn(C)c(N(C)C(C)C(C)(C)C)c1C(N)=NO. The topological polar surface area (TPSA) is 79.7 Å². The number of nitrogens with zero attached hydrogens (tertiary/aromatic N) is 4. The van der Waals surface area contributed by atoms with E-state index in [1.165, 1.54) is 0 Å². The molecule has 0 amide bonds. The first kappa shape index (κ1) is 15.3. The maximum atomic E-state index is 8.93. The van der Waals surface area contributed by atoms with Gasteiger partial charge in [-0.15, -0.1) is 0 Å². The predicted octanol–water partition coefficient (Wildman–Crippen LogP) is 1.69. The van der Waals surface area contributed by atoms with Crippen molar-refractivity contribution in [3.8, 4) is 0 Å². The fourth-order valence-corrected chi connectivity index (χ4v) is 2.16. The lowest BCUT2D eigenvalue weighted by Crippen LogP contribution is -2.41. The Balaban J connectivity index is 3.35. The van der Waals surface area contributed by atoms with E-state index in [-0.39, 0.29) is 17.3 Å². The largest absolute Gasteiger partial charge is 0.409 e. The zero-order valence-corrected chi connectivity index (χ0v) is 12.9. The van der Waals surface area contributed by atoms with Gasteiger partial charge < -0.3 is 15.8 Å². The van der Waals surface area contributed by atoms with Crippen LogP contribution in [0.5, 0.6) is 0 Å². The summed E-state index contributed by atoms with van der Waals surface area (Å²) in [6.07, 6.45) is 0. The van der Waals surface area contributed by atoms with Crippen molar-refractivity contribution in [1.82, 2.24) is 9.78 Å². The zero-order chi connectivity index (χ0) is 15.0. The van der Waals surface area contributed by atoms with E-state index in [1.54, 1.807) is 4.68 Å². The van der Waals surface area contributed by atoms with Crippen LogP contribution in [-0.4, -0.2) is 33.9 Å². The molecule has 1 heterocycles. The van der Waals surface area contributed by atoms with Crippen molar-refractivity contribution in [2.24, 2.45) is 23.4 Å². The molecule has 1 unspecified atom stereocenters. The molecule has 3 N–H and O–H groups in total. The maximum Gasteiger partial charge on any atom is 0.175 e. The molecule has 1 aromatic rings. The molecule has 1 atom stereocenters. The van der Waals surface area contributed by atoms with Crippen LogP contribution in [0, 0.1) is 12.3 Å². The van der Waals surface area contributed by atoms with Crippen LogP contribution >= 0.6 is 0 Å². The normalized spacial score (nSPS) is 14.6. The third-order valence-electron chi connectivity index (χ3n) is 3.72. The lowest BCUT2D eigenvalue weighted by atomic mass is 9.87. The van der Waals surface area contributed by atoms with Gasteiger partial charge in [0.2, 0.25) is 0 Å². The Kier molecular flexibility index (Phi) is 4.12. The molecule has 6 heteroatoms. The Morgan fingerprint density at radius 1 is 1.47 bits per heavy atom. The van der Waals surface area contributed by atoms with Crippen molar-refractivity contribution in [3.05, 3.63) is 11.3 Å². The average molecular weight is 267 g/mol. The molecule has 0 saturated carbocycles. The lowest BCUT2D eigenvalue weighted by molar-refractivity contribution is 0.318. The summed E-state index contributed by atoms with van der Waals surface area (Å²) in [5, 5.41) is 16.4. The number of anilines is 1. The van der Waals surface area contributed by atoms with Gasteiger partial charge in [-0.05, 0) is 19.3 Å². The van der Waals surface area contributed by atoms with Crippen LogP contribution in [0.1, 0.15) is 39.0 Å². The smallest absolute Gasteiger partial charge is 0.175 e. The molecule has 0 fully saturated rings. The minimum Gasteiger partial charge on any atom is -0.409 e. The average Bonchev–Trinajstić information content (AvgIpc) is 2.60. The second-order valence-corrected chi connectivity index (χ2v) is 6.05. The molecule has 0 aliphatic rings. The van der Waals surface area contributed by atoms with Gasteiger partial charge in [0.25, 0.3) is 0 Å². The van der Waals surface area contributed by atoms with Gasteiger partial charge in [0.1, 0.15) is 5.82 Å². The third kappa shape index (κ3) is 2.83. The van der Waals surface area contributed by atoms with Crippen LogP contribution in [-0.2, 0) is 7.05 Å². The highest BCUT2D eigenvalue weighted by Gasteiger charge is 2.29. The highest BCUT2D eigenvalue weighted by molar-refractivity contribution is 6.02. The Morgan fingerprint density at radius 2 is 2.00 bits per heavy atom. The number of hydrogen-bond acceptors (Lipinski definition) is 4. The van der Waals surface area contributed by atoms with Crippen molar-refractivity contribution in [2.45, 2.75) is 40.7 Å². The molecule has 19 heavy (non-hydrogen) atoms. The second-order valence-electron chi connectivity index (χ2n) is 6.05. The minimum atomic E-state index is 0.0913. The van der Waals surface area contributed by atoms with Crippen molar-refractivity contribution >= 4 is 11.7 Å². The Bertz CT molecular complexity index is 484. The molecule has 0 aliphatic carbocycles. The number of aryl methyl sites for hydroxylation is 2. The zero-order valence-electron chi connectivity index (χ0n) is 12.9. The van der Waals surface area contributed by atoms with E-state index < -0.39 is 0 Å². The summed E-state index contributed by atoms with van der Waals surface area (Å²) in [5.74, 6) is 0.948. The summed E-state index contributed by atoms with van der Waals surface area (Å²) in [6, 6.07) is 0.271. The quantitative estimate of drug-likeness (QED) is 0.378. The summed E-state index contributed by atoms with van der Waals surface area (Å²) in [6.45, 7) is 10.5. The molecular weight excluding hydrogens is 242 g/mol. The molecule has 108 valence electrons. The van der Waals surface area contributed by atoms with E-state index in [4.69, 9.17) is 10.9 Å². The summed E-state index contributed by atoms with van der Waals surface area (Å²) in [7, 11) is 3.86. The number of amidine groups is 1. The van der Waals surface area contributed by atoms with Gasteiger partial charge in [-0.25, -0.2) is 0 Å². The molecule has 1 rings (SSSR count). The molecule has 0 saturated heterocycles. The first-order chi connectivity index (χ1) is 8.61. The molecule has 0 spiro atoms. The fraction of sp³-hybridized carbons (Fsp3) is 0.692. The van der Waals surface area contributed by atoms with Gasteiger partial charge in [0.05, 0.1) is 11.3 Å². The summed E-state index contributed by atoms with van der Waals surface area (Å²) >= 11 is 0. The highest BCUT2D eigenvalue weighted by atomic mass is 16.4. The van der Waals surface area contributed by atoms with Crippen LogP contribution in [0.25, 0.3) is 0 Å². The monoisotopic (exact) mass is 267 g/mol. The van der Waals surface area contributed by atoms with Crippen molar-refractivity contribution in [2.75, 3.05) is 11.9 Å². The first-order valence-corrected chi connectivity index (χ1v) is 6.35. The van der Waals surface area contributed by atoms with Gasteiger partial charge in [-0.3, -0.25) is 4.68 Å². The van der Waals surface area contributed by atoms with Crippen LogP contribution in [0.15, 0.2) is 5.16 Å². The number of aromatic nitrogens is 2. The Morgan fingerprint density at radius 3 is 2.42 bits per heavy atom. The first-order valence-electron chi connectivity index (χ1n) is 6.35. The van der Waals surface area contributed by atoms with Crippen molar-refractivity contribution < 1.29 is 5.21 Å². The fourth-order valence-electron chi connectivity index (χ4n) is 2.16. The Hall–Kier alpha value is -1.72. The molecule has 0 radical (unpaired) electrons. The third-order valence-corrected chi connectivity index (χ3v) is 3.72. The van der Waals surface area contributed by atoms with Crippen LogP contribution in [0.3, 0.4) is 0 Å². The standard InChI is InChI=1S/C13H25N5O/c1-8-10(11(14)16-19)12(18(7)15-8)17(6)9(2)13(3,4)5/h9,19H,1-7H3,(H2,14,16).